The number of rotatable bonds is 4. The summed E-state index contributed by atoms with van der Waals surface area (Å²) in [4.78, 5) is 11.0. The van der Waals surface area contributed by atoms with Crippen molar-refractivity contribution >= 4 is 5.91 Å². The minimum Gasteiger partial charge on any atom is -0.368 e. The minimum atomic E-state index is -0.567. The van der Waals surface area contributed by atoms with Gasteiger partial charge in [-0.05, 0) is 25.1 Å². The van der Waals surface area contributed by atoms with E-state index in [1.165, 1.54) is 18.2 Å². The summed E-state index contributed by atoms with van der Waals surface area (Å²) >= 11 is 0. The van der Waals surface area contributed by atoms with Crippen LogP contribution in [0.1, 0.15) is 22.8 Å². The molecule has 17 heavy (non-hydrogen) atoms. The molecule has 1 aromatic rings. The molecule has 2 rings (SSSR count). The standard InChI is InChI=1S/C12H15FN2O2/c1-12(6-15-7-12)17-5-9-4-8(11(14)16)2-3-10(9)13/h2-4,15H,5-7H2,1H3,(H2,14,16). The van der Waals surface area contributed by atoms with E-state index < -0.39 is 5.91 Å². The summed E-state index contributed by atoms with van der Waals surface area (Å²) in [6, 6.07) is 4.04. The Morgan fingerprint density at radius 3 is 2.82 bits per heavy atom. The van der Waals surface area contributed by atoms with Gasteiger partial charge in [-0.25, -0.2) is 4.39 Å². The van der Waals surface area contributed by atoms with Gasteiger partial charge < -0.3 is 15.8 Å². The Kier molecular flexibility index (Phi) is 3.13. The van der Waals surface area contributed by atoms with E-state index in [1.807, 2.05) is 6.92 Å². The van der Waals surface area contributed by atoms with Gasteiger partial charge in [0.1, 0.15) is 5.82 Å². The van der Waals surface area contributed by atoms with E-state index in [-0.39, 0.29) is 18.0 Å². The van der Waals surface area contributed by atoms with E-state index in [9.17, 15) is 9.18 Å². The second-order valence-electron chi connectivity index (χ2n) is 4.51. The number of amides is 1. The first kappa shape index (κ1) is 12.0. The molecule has 1 aliphatic rings. The van der Waals surface area contributed by atoms with Crippen LogP contribution < -0.4 is 11.1 Å². The van der Waals surface area contributed by atoms with Gasteiger partial charge in [0.2, 0.25) is 5.91 Å². The lowest BCUT2D eigenvalue weighted by Crippen LogP contribution is -2.58. The predicted octanol–water partition coefficient (Wildman–Crippen LogP) is 0.803. The summed E-state index contributed by atoms with van der Waals surface area (Å²) in [6.45, 7) is 3.61. The number of carbonyl (C=O) groups excluding carboxylic acids is 1. The zero-order valence-corrected chi connectivity index (χ0v) is 9.63. The van der Waals surface area contributed by atoms with E-state index in [1.54, 1.807) is 0 Å². The third kappa shape index (κ3) is 2.62. The number of benzene rings is 1. The van der Waals surface area contributed by atoms with Crippen LogP contribution in [0.3, 0.4) is 0 Å². The maximum absolute atomic E-state index is 13.5. The van der Waals surface area contributed by atoms with Gasteiger partial charge in [-0.2, -0.15) is 0 Å². The fourth-order valence-electron chi connectivity index (χ4n) is 1.67. The van der Waals surface area contributed by atoms with Gasteiger partial charge in [0.25, 0.3) is 0 Å². The highest BCUT2D eigenvalue weighted by atomic mass is 19.1. The molecule has 0 saturated carbocycles. The molecule has 0 aromatic heterocycles. The highest BCUT2D eigenvalue weighted by Crippen LogP contribution is 2.19. The van der Waals surface area contributed by atoms with Crippen LogP contribution in [-0.4, -0.2) is 24.6 Å². The molecule has 0 radical (unpaired) electrons. The van der Waals surface area contributed by atoms with Crippen LogP contribution in [0.15, 0.2) is 18.2 Å². The average molecular weight is 238 g/mol. The van der Waals surface area contributed by atoms with Crippen molar-refractivity contribution in [3.63, 3.8) is 0 Å². The van der Waals surface area contributed by atoms with Gasteiger partial charge >= 0.3 is 0 Å². The second kappa shape index (κ2) is 4.43. The maximum atomic E-state index is 13.5. The Bertz CT molecular complexity index is 444. The van der Waals surface area contributed by atoms with Crippen molar-refractivity contribution in [2.24, 2.45) is 5.73 Å². The Morgan fingerprint density at radius 2 is 2.29 bits per heavy atom. The van der Waals surface area contributed by atoms with Crippen molar-refractivity contribution in [1.82, 2.24) is 5.32 Å². The first-order valence-electron chi connectivity index (χ1n) is 5.43. The summed E-state index contributed by atoms with van der Waals surface area (Å²) in [5, 5.41) is 3.09. The number of carbonyl (C=O) groups is 1. The monoisotopic (exact) mass is 238 g/mol. The molecule has 4 nitrogen and oxygen atoms in total. The zero-order valence-electron chi connectivity index (χ0n) is 9.63. The number of ether oxygens (including phenoxy) is 1. The molecule has 5 heteroatoms. The van der Waals surface area contributed by atoms with Gasteiger partial charge in [0.05, 0.1) is 12.2 Å². The number of nitrogens with two attached hydrogens (primary N) is 1. The number of hydrogen-bond acceptors (Lipinski definition) is 3. The Balaban J connectivity index is 2.08. The van der Waals surface area contributed by atoms with Crippen LogP contribution in [-0.2, 0) is 11.3 Å². The van der Waals surface area contributed by atoms with Gasteiger partial charge in [-0.3, -0.25) is 4.79 Å². The van der Waals surface area contributed by atoms with Crippen LogP contribution in [0.25, 0.3) is 0 Å². The minimum absolute atomic E-state index is 0.144. The van der Waals surface area contributed by atoms with Crippen LogP contribution >= 0.6 is 0 Å². The van der Waals surface area contributed by atoms with Crippen molar-refractivity contribution in [3.8, 4) is 0 Å². The van der Waals surface area contributed by atoms with Crippen molar-refractivity contribution in [1.29, 1.82) is 0 Å². The number of halogens is 1. The predicted molar refractivity (Wildman–Crippen MR) is 61.0 cm³/mol. The fourth-order valence-corrected chi connectivity index (χ4v) is 1.67. The third-order valence-corrected chi connectivity index (χ3v) is 2.90. The zero-order chi connectivity index (χ0) is 12.5. The normalized spacial score (nSPS) is 17.5. The van der Waals surface area contributed by atoms with Crippen LogP contribution in [0, 0.1) is 5.82 Å². The lowest BCUT2D eigenvalue weighted by atomic mass is 10.00. The van der Waals surface area contributed by atoms with E-state index in [0.717, 1.165) is 13.1 Å². The smallest absolute Gasteiger partial charge is 0.248 e. The molecule has 1 aromatic carbocycles. The van der Waals surface area contributed by atoms with Crippen LogP contribution in [0.4, 0.5) is 4.39 Å². The summed E-state index contributed by atoms with van der Waals surface area (Å²) in [5.74, 6) is -0.950. The SMILES string of the molecule is CC1(OCc2cc(C(N)=O)ccc2F)CNC1. The Hall–Kier alpha value is -1.46. The van der Waals surface area contributed by atoms with E-state index >= 15 is 0 Å². The van der Waals surface area contributed by atoms with E-state index in [4.69, 9.17) is 10.5 Å². The van der Waals surface area contributed by atoms with Gasteiger partial charge in [0, 0.05) is 24.2 Å². The molecule has 3 N–H and O–H groups in total. The Labute approximate surface area is 98.9 Å². The van der Waals surface area contributed by atoms with Crippen LogP contribution in [0.2, 0.25) is 0 Å². The number of hydrogen-bond donors (Lipinski definition) is 2. The number of primary amides is 1. The molecule has 1 amide bonds. The Morgan fingerprint density at radius 1 is 1.59 bits per heavy atom. The third-order valence-electron chi connectivity index (χ3n) is 2.90. The summed E-state index contributed by atoms with van der Waals surface area (Å²) in [5.41, 5.74) is 5.55. The van der Waals surface area contributed by atoms with Crippen molar-refractivity contribution in [3.05, 3.63) is 35.1 Å². The molecule has 1 fully saturated rings. The molecule has 0 bridgehead atoms. The highest BCUT2D eigenvalue weighted by Gasteiger charge is 2.32. The van der Waals surface area contributed by atoms with Crippen LogP contribution in [0.5, 0.6) is 0 Å². The molecule has 1 saturated heterocycles. The first-order valence-corrected chi connectivity index (χ1v) is 5.43. The highest BCUT2D eigenvalue weighted by molar-refractivity contribution is 5.92. The lowest BCUT2D eigenvalue weighted by Gasteiger charge is -2.39. The molecule has 1 heterocycles. The average Bonchev–Trinajstić information content (AvgIpc) is 2.25. The summed E-state index contributed by atoms with van der Waals surface area (Å²) < 4.78 is 19.1. The van der Waals surface area contributed by atoms with Crippen molar-refractivity contribution < 1.29 is 13.9 Å². The topological polar surface area (TPSA) is 64.3 Å². The first-order chi connectivity index (χ1) is 8.00. The van der Waals surface area contributed by atoms with Gasteiger partial charge in [0.15, 0.2) is 0 Å². The molecular weight excluding hydrogens is 223 g/mol. The molecule has 0 unspecified atom stereocenters. The fraction of sp³-hybridized carbons (Fsp3) is 0.417. The van der Waals surface area contributed by atoms with Gasteiger partial charge in [-0.1, -0.05) is 0 Å². The molecule has 92 valence electrons. The van der Waals surface area contributed by atoms with Gasteiger partial charge in [-0.15, -0.1) is 0 Å². The summed E-state index contributed by atoms with van der Waals surface area (Å²) in [6.07, 6.45) is 0. The second-order valence-corrected chi connectivity index (χ2v) is 4.51. The molecular formula is C12H15FN2O2. The molecule has 0 spiro atoms. The van der Waals surface area contributed by atoms with E-state index in [0.29, 0.717) is 11.1 Å². The van der Waals surface area contributed by atoms with E-state index in [2.05, 4.69) is 5.32 Å². The number of nitrogens with one attached hydrogen (secondary N) is 1. The molecule has 0 aliphatic carbocycles. The molecule has 1 aliphatic heterocycles. The maximum Gasteiger partial charge on any atom is 0.248 e. The largest absolute Gasteiger partial charge is 0.368 e. The quantitative estimate of drug-likeness (QED) is 0.815. The summed E-state index contributed by atoms with van der Waals surface area (Å²) in [7, 11) is 0. The lowest BCUT2D eigenvalue weighted by molar-refractivity contribution is -0.0775. The molecule has 0 atom stereocenters. The van der Waals surface area contributed by atoms with Crippen molar-refractivity contribution in [2.45, 2.75) is 19.1 Å². The van der Waals surface area contributed by atoms with Crippen molar-refractivity contribution in [2.75, 3.05) is 13.1 Å².